The standard InChI is InChI=1S/C27H28N2O4/c1-28-9-11-29(12-10-28)16-19-3-2-4-22(13-19)27(23-14-20(17-30)5-7-25(23)32)24-15-21(18-31)6-8-26(24)33/h2-8,13-15,17-18,27,32-33H,9-12,16H2,1H3. The minimum absolute atomic E-state index is 0.0194. The first-order valence-electron chi connectivity index (χ1n) is 11.0. The van der Waals surface area contributed by atoms with Crippen molar-refractivity contribution in [1.82, 2.24) is 9.80 Å². The Hall–Kier alpha value is -3.48. The molecule has 0 spiro atoms. The summed E-state index contributed by atoms with van der Waals surface area (Å²) in [6.07, 6.45) is 1.46. The molecule has 1 heterocycles. The van der Waals surface area contributed by atoms with Crippen LogP contribution in [0.2, 0.25) is 0 Å². The first-order chi connectivity index (χ1) is 16.0. The van der Waals surface area contributed by atoms with E-state index in [2.05, 4.69) is 29.0 Å². The minimum Gasteiger partial charge on any atom is -0.508 e. The van der Waals surface area contributed by atoms with Crippen molar-refractivity contribution in [3.63, 3.8) is 0 Å². The van der Waals surface area contributed by atoms with Gasteiger partial charge >= 0.3 is 0 Å². The highest BCUT2D eigenvalue weighted by Gasteiger charge is 2.24. The molecule has 3 aromatic rings. The van der Waals surface area contributed by atoms with Crippen LogP contribution >= 0.6 is 0 Å². The zero-order valence-electron chi connectivity index (χ0n) is 18.6. The molecule has 0 saturated carbocycles. The summed E-state index contributed by atoms with van der Waals surface area (Å²) < 4.78 is 0. The Kier molecular flexibility index (Phi) is 6.87. The summed E-state index contributed by atoms with van der Waals surface area (Å²) in [6, 6.07) is 17.4. The largest absolute Gasteiger partial charge is 0.508 e. The second kappa shape index (κ2) is 9.98. The van der Waals surface area contributed by atoms with Gasteiger partial charge < -0.3 is 15.1 Å². The molecule has 0 unspecified atom stereocenters. The quantitative estimate of drug-likeness (QED) is 0.428. The number of hydrogen-bond acceptors (Lipinski definition) is 6. The van der Waals surface area contributed by atoms with E-state index in [0.29, 0.717) is 22.3 Å². The van der Waals surface area contributed by atoms with Crippen molar-refractivity contribution in [2.75, 3.05) is 33.2 Å². The number of phenols is 2. The normalized spacial score (nSPS) is 15.0. The monoisotopic (exact) mass is 444 g/mol. The van der Waals surface area contributed by atoms with Crippen LogP contribution in [0.15, 0.2) is 60.7 Å². The zero-order valence-corrected chi connectivity index (χ0v) is 18.6. The first kappa shape index (κ1) is 22.7. The van der Waals surface area contributed by atoms with E-state index in [1.54, 1.807) is 24.3 Å². The number of nitrogens with zero attached hydrogens (tertiary/aromatic N) is 2. The number of likely N-dealkylation sites (N-methyl/N-ethyl adjacent to an activating group) is 1. The Morgan fingerprint density at radius 2 is 1.39 bits per heavy atom. The molecule has 3 aromatic carbocycles. The topological polar surface area (TPSA) is 81.1 Å². The fourth-order valence-corrected chi connectivity index (χ4v) is 4.42. The van der Waals surface area contributed by atoms with E-state index in [9.17, 15) is 19.8 Å². The van der Waals surface area contributed by atoms with Crippen LogP contribution in [-0.2, 0) is 6.54 Å². The van der Waals surface area contributed by atoms with Gasteiger partial charge in [-0.3, -0.25) is 14.5 Å². The van der Waals surface area contributed by atoms with Crippen LogP contribution in [0.4, 0.5) is 0 Å². The van der Waals surface area contributed by atoms with Gasteiger partial charge in [0.1, 0.15) is 24.1 Å². The predicted octanol–water partition coefficient (Wildman–Crippen LogP) is 3.65. The SMILES string of the molecule is CN1CCN(Cc2cccc(C(c3cc(C=O)ccc3O)c3cc(C=O)ccc3O)c2)CC1. The lowest BCUT2D eigenvalue weighted by Gasteiger charge is -2.32. The maximum Gasteiger partial charge on any atom is 0.150 e. The Labute approximate surface area is 193 Å². The van der Waals surface area contributed by atoms with Gasteiger partial charge in [0, 0.05) is 60.9 Å². The van der Waals surface area contributed by atoms with Crippen LogP contribution in [0.5, 0.6) is 11.5 Å². The maximum absolute atomic E-state index is 11.4. The van der Waals surface area contributed by atoms with E-state index in [1.807, 2.05) is 12.1 Å². The van der Waals surface area contributed by atoms with Gasteiger partial charge in [-0.05, 0) is 54.6 Å². The van der Waals surface area contributed by atoms with Crippen molar-refractivity contribution in [2.24, 2.45) is 0 Å². The molecule has 6 heteroatoms. The third-order valence-corrected chi connectivity index (χ3v) is 6.28. The van der Waals surface area contributed by atoms with Crippen molar-refractivity contribution in [3.8, 4) is 11.5 Å². The van der Waals surface area contributed by atoms with Crippen LogP contribution in [0, 0.1) is 0 Å². The molecule has 0 aromatic heterocycles. The molecule has 33 heavy (non-hydrogen) atoms. The van der Waals surface area contributed by atoms with E-state index < -0.39 is 5.92 Å². The van der Waals surface area contributed by atoms with Gasteiger partial charge in [-0.2, -0.15) is 0 Å². The molecule has 0 atom stereocenters. The van der Waals surface area contributed by atoms with Gasteiger partial charge in [0.2, 0.25) is 0 Å². The van der Waals surface area contributed by atoms with E-state index in [1.165, 1.54) is 12.1 Å². The van der Waals surface area contributed by atoms with Gasteiger partial charge in [-0.1, -0.05) is 24.3 Å². The second-order valence-corrected chi connectivity index (χ2v) is 8.63. The molecule has 4 rings (SSSR count). The number of aromatic hydroxyl groups is 2. The molecule has 1 saturated heterocycles. The lowest BCUT2D eigenvalue weighted by atomic mass is 9.82. The molecular weight excluding hydrogens is 416 g/mol. The summed E-state index contributed by atoms with van der Waals surface area (Å²) in [5.74, 6) is -0.519. The lowest BCUT2D eigenvalue weighted by molar-refractivity contribution is 0.111. The third-order valence-electron chi connectivity index (χ3n) is 6.28. The average molecular weight is 445 g/mol. The summed E-state index contributed by atoms with van der Waals surface area (Å²) in [6.45, 7) is 4.85. The summed E-state index contributed by atoms with van der Waals surface area (Å²) in [7, 11) is 2.13. The van der Waals surface area contributed by atoms with Gasteiger partial charge in [-0.25, -0.2) is 0 Å². The predicted molar refractivity (Wildman–Crippen MR) is 127 cm³/mol. The fraction of sp³-hybridized carbons (Fsp3) is 0.259. The molecule has 1 aliphatic rings. The molecule has 0 radical (unpaired) electrons. The average Bonchev–Trinajstić information content (AvgIpc) is 2.83. The van der Waals surface area contributed by atoms with E-state index in [-0.39, 0.29) is 11.5 Å². The van der Waals surface area contributed by atoms with Crippen molar-refractivity contribution >= 4 is 12.6 Å². The Morgan fingerprint density at radius 1 is 0.818 bits per heavy atom. The molecule has 1 aliphatic heterocycles. The van der Waals surface area contributed by atoms with Crippen molar-refractivity contribution in [2.45, 2.75) is 12.5 Å². The van der Waals surface area contributed by atoms with Crippen LogP contribution in [0.3, 0.4) is 0 Å². The molecule has 0 bridgehead atoms. The van der Waals surface area contributed by atoms with E-state index in [4.69, 9.17) is 0 Å². The highest BCUT2D eigenvalue weighted by molar-refractivity contribution is 5.77. The number of hydrogen-bond donors (Lipinski definition) is 2. The molecule has 6 nitrogen and oxygen atoms in total. The van der Waals surface area contributed by atoms with Crippen molar-refractivity contribution < 1.29 is 19.8 Å². The van der Waals surface area contributed by atoms with Crippen LogP contribution in [-0.4, -0.2) is 65.8 Å². The van der Waals surface area contributed by atoms with Crippen molar-refractivity contribution in [1.29, 1.82) is 0 Å². The van der Waals surface area contributed by atoms with Crippen LogP contribution in [0.25, 0.3) is 0 Å². The fourth-order valence-electron chi connectivity index (χ4n) is 4.42. The zero-order chi connectivity index (χ0) is 23.4. The summed E-state index contributed by atoms with van der Waals surface area (Å²) in [4.78, 5) is 27.6. The number of carbonyl (C=O) groups is 2. The number of benzene rings is 3. The number of piperazine rings is 1. The maximum atomic E-state index is 11.4. The smallest absolute Gasteiger partial charge is 0.150 e. The van der Waals surface area contributed by atoms with Crippen LogP contribution < -0.4 is 0 Å². The summed E-state index contributed by atoms with van der Waals surface area (Å²) in [5.41, 5.74) is 3.82. The van der Waals surface area contributed by atoms with Gasteiger partial charge in [0.25, 0.3) is 0 Å². The summed E-state index contributed by atoms with van der Waals surface area (Å²) >= 11 is 0. The number of aldehydes is 2. The molecule has 1 fully saturated rings. The lowest BCUT2D eigenvalue weighted by Crippen LogP contribution is -2.43. The van der Waals surface area contributed by atoms with E-state index >= 15 is 0 Å². The molecule has 0 amide bonds. The number of rotatable bonds is 7. The summed E-state index contributed by atoms with van der Waals surface area (Å²) in [5, 5.41) is 21.4. The number of phenolic OH excluding ortho intramolecular Hbond substituents is 2. The van der Waals surface area contributed by atoms with Gasteiger partial charge in [-0.15, -0.1) is 0 Å². The highest BCUT2D eigenvalue weighted by atomic mass is 16.3. The first-order valence-corrected chi connectivity index (χ1v) is 11.0. The highest BCUT2D eigenvalue weighted by Crippen LogP contribution is 2.41. The van der Waals surface area contributed by atoms with Gasteiger partial charge in [0.05, 0.1) is 0 Å². The Bertz CT molecular complexity index is 1100. The van der Waals surface area contributed by atoms with E-state index in [0.717, 1.165) is 56.4 Å². The van der Waals surface area contributed by atoms with Gasteiger partial charge in [0.15, 0.2) is 0 Å². The second-order valence-electron chi connectivity index (χ2n) is 8.63. The molecular formula is C27H28N2O4. The Balaban J connectivity index is 1.79. The number of carbonyl (C=O) groups excluding carboxylic acids is 2. The molecule has 170 valence electrons. The molecule has 2 N–H and O–H groups in total. The molecule has 0 aliphatic carbocycles. The van der Waals surface area contributed by atoms with Crippen LogP contribution in [0.1, 0.15) is 48.9 Å². The third kappa shape index (κ3) is 5.13. The minimum atomic E-state index is -0.558. The van der Waals surface area contributed by atoms with Crippen molar-refractivity contribution in [3.05, 3.63) is 94.0 Å². The Morgan fingerprint density at radius 3 is 1.94 bits per heavy atom.